The summed E-state index contributed by atoms with van der Waals surface area (Å²) in [5, 5.41) is 37.6. The minimum Gasteiger partial charge on any atom is -1.00 e. The smallest absolute Gasteiger partial charge is 1.00 e. The van der Waals surface area contributed by atoms with Crippen LogP contribution in [0.15, 0.2) is 211 Å². The standard InChI is InChI=1S/2C18H15S.3C13H18F2O5S.C11H18O.C2H2F2O4S.CH4.ClH.3Na/c2*1-4-10-16(11-5-1)19(17-12-6-2-7-13-17)18-14-8-3-9-15-18;3*14-13(15,21-20-19-17)11(16)18-7-12-4-8-1-9(5-12)3-10(2-8)6-12;12-7-11-4-8-1-9(5-11)3-10(2-8)6-11;3-2(4,1(5)6)9(7)8;;;;;/h2*1-15H;3*8-10,17H,1-7H2;8-10,12H,1-7H2;(H,5,6)(H,7,8);1H4;1H;;;/q2*+1;;;;;;;;3*+1/p-5. The number of carboxylic acids is 1. The molecule has 6 aromatic rings. The average molecular weight is 1940 g/mol. The Balaban J connectivity index is 0.000000204. The van der Waals surface area contributed by atoms with Gasteiger partial charge in [-0.2, -0.15) is 48.1 Å². The predicted octanol–water partition coefficient (Wildman–Crippen LogP) is 6.59. The molecule has 0 saturated heterocycles. The Morgan fingerprint density at radius 3 is 0.654 bits per heavy atom. The normalized spacial score (nSPS) is 28.3. The van der Waals surface area contributed by atoms with E-state index in [0.717, 1.165) is 75.5 Å². The van der Waals surface area contributed by atoms with Gasteiger partial charge in [0.15, 0.2) is 29.4 Å². The summed E-state index contributed by atoms with van der Waals surface area (Å²) in [6, 6.07) is 64.3. The molecule has 22 rings (SSSR count). The van der Waals surface area contributed by atoms with E-state index < -0.39 is 92.1 Å². The molecule has 0 aromatic heterocycles. The summed E-state index contributed by atoms with van der Waals surface area (Å²) in [6.45, 7) is 0.563. The third kappa shape index (κ3) is 30.7. The SMILES string of the molecule is C.O=C(O)C(F)(F)S(=O)[O-].O=C(OCC12CC3CC(CC(C3)C1)C2)C(F)(F)SOO[O-].O=C(OCC12CC3CC(CC(C3)C1)C2)C(F)(F)SOO[O-].O=C(OCC12CC3CC(CC(C3)C1)C2)C(F)(F)SOO[O-].OCC12CC3CC(CC(C3)C1)C2.[Cl-].[Na+].[Na+].[Na+].c1ccc([S+](c2ccccc2)c2ccccc2)cc1.c1ccc([S+](c2ccccc2)c2ccccc2)cc1. The Hall–Kier alpha value is -2.61. The van der Waals surface area contributed by atoms with Gasteiger partial charge in [-0.05, 0) is 303 Å². The molecule has 38 heteroatoms. The molecular formula is C89H104ClF8Na3O20S6. The molecular weight excluding hydrogens is 1840 g/mol. The van der Waals surface area contributed by atoms with Crippen molar-refractivity contribution in [3.05, 3.63) is 182 Å². The van der Waals surface area contributed by atoms with E-state index in [-0.39, 0.29) is 166 Å². The number of aliphatic hydroxyl groups excluding tert-OH is 1. The molecule has 16 saturated carbocycles. The van der Waals surface area contributed by atoms with Crippen molar-refractivity contribution >= 4 is 92.9 Å². The molecule has 127 heavy (non-hydrogen) atoms. The Kier molecular flexibility index (Phi) is 44.7. The van der Waals surface area contributed by atoms with Crippen LogP contribution in [-0.2, 0) is 94.4 Å². The first-order valence-corrected chi connectivity index (χ1v) is 46.8. The summed E-state index contributed by atoms with van der Waals surface area (Å²) in [7, 11) is -0.0293. The molecule has 6 aromatic carbocycles. The molecule has 0 amide bonds. The second-order valence-electron chi connectivity index (χ2n) is 35.3. The third-order valence-corrected chi connectivity index (χ3v) is 32.6. The topological polar surface area (TPSA) is 301 Å². The van der Waals surface area contributed by atoms with Gasteiger partial charge in [0.2, 0.25) is 0 Å². The van der Waals surface area contributed by atoms with Crippen LogP contribution in [0.4, 0.5) is 35.1 Å². The number of hydrogen-bond acceptors (Lipinski definition) is 22. The number of halogens is 9. The number of esters is 3. The molecule has 0 spiro atoms. The summed E-state index contributed by atoms with van der Waals surface area (Å²) in [5.41, 5.74) is 0.0257. The van der Waals surface area contributed by atoms with Crippen LogP contribution in [0.5, 0.6) is 0 Å². The number of carbonyl (C=O) groups is 4. The minimum absolute atomic E-state index is 0. The molecule has 1 atom stereocenters. The number of hydrogen-bond donors (Lipinski definition) is 2. The molecule has 16 aliphatic rings. The molecule has 16 fully saturated rings. The summed E-state index contributed by atoms with van der Waals surface area (Å²) in [6.07, 6.45) is 28.2. The summed E-state index contributed by atoms with van der Waals surface area (Å²) >= 11 is -5.81. The zero-order chi connectivity index (χ0) is 86.9. The number of carboxylic acid groups (broad SMARTS) is 1. The van der Waals surface area contributed by atoms with E-state index in [2.05, 4.69) is 210 Å². The Morgan fingerprint density at radius 1 is 0.354 bits per heavy atom. The number of benzene rings is 6. The Labute approximate surface area is 830 Å². The van der Waals surface area contributed by atoms with E-state index in [0.29, 0.717) is 65.3 Å². The minimum atomic E-state index is -4.67. The van der Waals surface area contributed by atoms with E-state index in [1.165, 1.54) is 126 Å². The van der Waals surface area contributed by atoms with Crippen LogP contribution in [0.25, 0.3) is 0 Å². The van der Waals surface area contributed by atoms with Gasteiger partial charge in [0, 0.05) is 33.9 Å². The van der Waals surface area contributed by atoms with Gasteiger partial charge in [-0.15, -0.1) is 0 Å². The van der Waals surface area contributed by atoms with Gasteiger partial charge in [0.05, 0.1) is 41.6 Å². The zero-order valence-corrected chi connectivity index (χ0v) is 81.8. The van der Waals surface area contributed by atoms with Crippen molar-refractivity contribution < 1.29 is 232 Å². The third-order valence-electron chi connectivity index (χ3n) is 26.1. The summed E-state index contributed by atoms with van der Waals surface area (Å²) < 4.78 is 147. The van der Waals surface area contributed by atoms with Crippen molar-refractivity contribution in [2.75, 3.05) is 26.4 Å². The maximum atomic E-state index is 13.3. The van der Waals surface area contributed by atoms with Crippen molar-refractivity contribution in [3.8, 4) is 0 Å². The second kappa shape index (κ2) is 51.0. The molecule has 0 aliphatic heterocycles. The molecule has 16 bridgehead atoms. The number of carbonyl (C=O) groups excluding carboxylic acids is 3. The number of alkyl halides is 8. The molecule has 0 heterocycles. The summed E-state index contributed by atoms with van der Waals surface area (Å²) in [4.78, 5) is 51.8. The number of ether oxygens (including phenoxy) is 3. The molecule has 0 radical (unpaired) electrons. The first-order valence-electron chi connectivity index (χ1n) is 41.0. The van der Waals surface area contributed by atoms with E-state index in [1.54, 1.807) is 0 Å². The van der Waals surface area contributed by atoms with Crippen molar-refractivity contribution in [2.45, 2.75) is 212 Å². The second-order valence-corrected chi connectivity index (χ2v) is 42.8. The van der Waals surface area contributed by atoms with Gasteiger partial charge in [-0.1, -0.05) is 117 Å². The van der Waals surface area contributed by atoms with Gasteiger partial charge < -0.3 is 57.2 Å². The van der Waals surface area contributed by atoms with Crippen molar-refractivity contribution in [2.24, 2.45) is 92.7 Å². The van der Waals surface area contributed by atoms with Crippen LogP contribution < -0.4 is 117 Å². The largest absolute Gasteiger partial charge is 1.00 e. The van der Waals surface area contributed by atoms with E-state index in [4.69, 9.17) is 19.3 Å². The molecule has 20 nitrogen and oxygen atoms in total. The first-order chi connectivity index (χ1) is 58.4. The van der Waals surface area contributed by atoms with Crippen LogP contribution in [0, 0.1) is 92.7 Å². The van der Waals surface area contributed by atoms with Crippen LogP contribution in [0.2, 0.25) is 0 Å². The van der Waals surface area contributed by atoms with Gasteiger partial charge in [-0.25, -0.2) is 19.2 Å². The van der Waals surface area contributed by atoms with Crippen molar-refractivity contribution in [1.29, 1.82) is 0 Å². The van der Waals surface area contributed by atoms with Gasteiger partial charge in [0.1, 0.15) is 36.1 Å². The molecule has 16 aliphatic carbocycles. The van der Waals surface area contributed by atoms with Crippen LogP contribution >= 0.6 is 36.1 Å². The summed E-state index contributed by atoms with van der Waals surface area (Å²) in [5.74, 6) is 1.15. The van der Waals surface area contributed by atoms with Crippen LogP contribution in [-0.4, -0.2) is 90.3 Å². The fraction of sp³-hybridized carbons (Fsp3) is 0.551. The molecule has 682 valence electrons. The van der Waals surface area contributed by atoms with E-state index in [9.17, 15) is 83.9 Å². The predicted molar refractivity (Wildman–Crippen MR) is 438 cm³/mol. The fourth-order valence-corrected chi connectivity index (χ4v) is 28.4. The quantitative estimate of drug-likeness (QED) is 0.00633. The van der Waals surface area contributed by atoms with Gasteiger partial charge in [-0.3, -0.25) is 19.3 Å². The Bertz CT molecular complexity index is 3720. The first kappa shape index (κ1) is 111. The van der Waals surface area contributed by atoms with Crippen LogP contribution in [0.1, 0.15) is 162 Å². The number of rotatable bonds is 27. The van der Waals surface area contributed by atoms with Crippen molar-refractivity contribution in [1.82, 2.24) is 0 Å². The number of aliphatic carboxylic acids is 1. The maximum Gasteiger partial charge on any atom is 1.00 e. The Morgan fingerprint density at radius 2 is 0.520 bits per heavy atom. The van der Waals surface area contributed by atoms with E-state index >= 15 is 0 Å². The van der Waals surface area contributed by atoms with Gasteiger partial charge in [0.25, 0.3) is 0 Å². The maximum absolute atomic E-state index is 13.3. The van der Waals surface area contributed by atoms with Crippen molar-refractivity contribution in [3.63, 3.8) is 0 Å². The molecule has 2 N–H and O–H groups in total. The van der Waals surface area contributed by atoms with Crippen LogP contribution in [0.3, 0.4) is 0 Å². The van der Waals surface area contributed by atoms with Gasteiger partial charge >= 0.3 is 134 Å². The fourth-order valence-electron chi connectivity index (χ4n) is 23.3. The molecule has 1 unspecified atom stereocenters. The van der Waals surface area contributed by atoms with E-state index in [1.807, 2.05) is 0 Å². The average Bonchev–Trinajstić information content (AvgIpc) is 0.779. The zero-order valence-electron chi connectivity index (χ0n) is 70.1. The number of aliphatic hydroxyl groups is 1. The monoisotopic (exact) mass is 1940 g/mol.